The van der Waals surface area contributed by atoms with Crippen molar-refractivity contribution in [2.45, 2.75) is 32.3 Å². The van der Waals surface area contributed by atoms with Crippen molar-refractivity contribution in [1.82, 2.24) is 4.98 Å². The average Bonchev–Trinajstić information content (AvgIpc) is 3.07. The van der Waals surface area contributed by atoms with Crippen molar-refractivity contribution < 1.29 is 18.7 Å². The number of hydrogen-bond donors (Lipinski definition) is 1. The minimum Gasteiger partial charge on any atom is -0.495 e. The van der Waals surface area contributed by atoms with Crippen LogP contribution in [0.2, 0.25) is 0 Å². The number of pyridine rings is 1. The molecule has 0 aliphatic heterocycles. The fourth-order valence-corrected chi connectivity index (χ4v) is 4.54. The molecule has 0 amide bonds. The zero-order chi connectivity index (χ0) is 17.3. The van der Waals surface area contributed by atoms with E-state index in [1.165, 1.54) is 6.26 Å². The number of Topliss-reactive ketones (excluding diaryl/α,β-unsaturated/α-hetero) is 1. The second-order valence-corrected chi connectivity index (χ2v) is 7.27. The maximum atomic E-state index is 13.1. The maximum absolute atomic E-state index is 13.1. The predicted octanol–water partition coefficient (Wildman–Crippen LogP) is 3.06. The number of nitrogens with zero attached hydrogens (tertiary/aromatic N) is 1. The van der Waals surface area contributed by atoms with Crippen LogP contribution in [0.4, 0.5) is 0 Å². The Kier molecular flexibility index (Phi) is 2.98. The first-order valence-electron chi connectivity index (χ1n) is 7.98. The van der Waals surface area contributed by atoms with Gasteiger partial charge in [-0.3, -0.25) is 4.79 Å². The topological polar surface area (TPSA) is 85.4 Å². The lowest BCUT2D eigenvalue weighted by atomic mass is 9.66. The molecule has 0 saturated heterocycles. The summed E-state index contributed by atoms with van der Waals surface area (Å²) in [5.41, 5.74) is 0.448. The van der Waals surface area contributed by atoms with Crippen molar-refractivity contribution in [3.05, 3.63) is 23.6 Å². The van der Waals surface area contributed by atoms with Gasteiger partial charge in [0.1, 0.15) is 5.75 Å². The average molecular weight is 328 g/mol. The predicted molar refractivity (Wildman–Crippen MR) is 87.6 cm³/mol. The lowest BCUT2D eigenvalue weighted by Gasteiger charge is -2.42. The first-order chi connectivity index (χ1) is 11.4. The Bertz CT molecular complexity index is 883. The van der Waals surface area contributed by atoms with E-state index in [-0.39, 0.29) is 17.1 Å². The maximum Gasteiger partial charge on any atom is 0.230 e. The third kappa shape index (κ3) is 1.61. The van der Waals surface area contributed by atoms with Gasteiger partial charge in [0, 0.05) is 19.4 Å². The molecule has 1 N–H and O–H groups in total. The van der Waals surface area contributed by atoms with Crippen LogP contribution in [0.15, 0.2) is 16.7 Å². The third-order valence-corrected chi connectivity index (χ3v) is 5.62. The molecular weight excluding hydrogens is 308 g/mol. The summed E-state index contributed by atoms with van der Waals surface area (Å²) in [6.45, 7) is 4.12. The molecule has 0 spiro atoms. The van der Waals surface area contributed by atoms with Gasteiger partial charge in [0.05, 0.1) is 35.7 Å². The third-order valence-electron chi connectivity index (χ3n) is 5.62. The Balaban J connectivity index is 2.14. The van der Waals surface area contributed by atoms with Gasteiger partial charge in [-0.2, -0.15) is 0 Å². The fraction of sp³-hybridized carbons (Fsp3) is 0.500. The molecule has 4 rings (SSSR count). The lowest BCUT2D eigenvalue weighted by molar-refractivity contribution is -0.143. The summed E-state index contributed by atoms with van der Waals surface area (Å²) < 4.78 is 17.0. The van der Waals surface area contributed by atoms with Crippen LogP contribution in [0.3, 0.4) is 0 Å². The SMILES string of the molecule is COc1c2c(nc3occc13)C(=N)C[C@H]1C(C)(C)CC(=O)[C@@]21OC. The number of ether oxygens (including phenoxy) is 2. The van der Waals surface area contributed by atoms with E-state index in [9.17, 15) is 4.79 Å². The fourth-order valence-electron chi connectivity index (χ4n) is 4.54. The van der Waals surface area contributed by atoms with Gasteiger partial charge in [-0.05, 0) is 17.9 Å². The van der Waals surface area contributed by atoms with Crippen molar-refractivity contribution >= 4 is 22.6 Å². The molecule has 0 bridgehead atoms. The van der Waals surface area contributed by atoms with E-state index in [1.807, 2.05) is 0 Å². The number of fused-ring (bicyclic) bond motifs is 4. The van der Waals surface area contributed by atoms with E-state index >= 15 is 0 Å². The Morgan fingerprint density at radius 3 is 2.79 bits per heavy atom. The Morgan fingerprint density at radius 2 is 2.12 bits per heavy atom. The molecule has 24 heavy (non-hydrogen) atoms. The van der Waals surface area contributed by atoms with Gasteiger partial charge in [0.2, 0.25) is 5.71 Å². The van der Waals surface area contributed by atoms with Gasteiger partial charge < -0.3 is 19.3 Å². The highest BCUT2D eigenvalue weighted by Crippen LogP contribution is 2.60. The van der Waals surface area contributed by atoms with E-state index in [0.717, 1.165) is 0 Å². The summed E-state index contributed by atoms with van der Waals surface area (Å²) >= 11 is 0. The monoisotopic (exact) mass is 328 g/mol. The summed E-state index contributed by atoms with van der Waals surface area (Å²) in [6, 6.07) is 1.77. The molecule has 2 heterocycles. The molecule has 6 heteroatoms. The van der Waals surface area contributed by atoms with Crippen LogP contribution < -0.4 is 4.74 Å². The van der Waals surface area contributed by atoms with Crippen LogP contribution in [0, 0.1) is 16.7 Å². The number of methoxy groups -OCH3 is 2. The standard InChI is InChI=1S/C18H20N2O4/c1-17(2)8-12(21)18(23-4)11(17)7-10(19)14-13(18)15(22-3)9-5-6-24-16(9)20-14/h5-6,11,19H,7-8H2,1-4H3/t11-,18+/m0/s1. The van der Waals surface area contributed by atoms with Crippen molar-refractivity contribution in [3.63, 3.8) is 0 Å². The Morgan fingerprint density at radius 1 is 1.38 bits per heavy atom. The highest BCUT2D eigenvalue weighted by atomic mass is 16.5. The number of nitrogens with one attached hydrogen (secondary N) is 1. The number of furan rings is 1. The number of ketones is 1. The first-order valence-corrected chi connectivity index (χ1v) is 7.98. The highest BCUT2D eigenvalue weighted by molar-refractivity contribution is 6.08. The van der Waals surface area contributed by atoms with Crippen LogP contribution in [0.1, 0.15) is 37.9 Å². The number of carbonyl (C=O) groups is 1. The molecule has 126 valence electrons. The van der Waals surface area contributed by atoms with Gasteiger partial charge in [-0.15, -0.1) is 0 Å². The quantitative estimate of drug-likeness (QED) is 0.915. The second kappa shape index (κ2) is 4.66. The number of aromatic nitrogens is 1. The van der Waals surface area contributed by atoms with Crippen LogP contribution in [0.25, 0.3) is 11.1 Å². The molecule has 2 aliphatic rings. The van der Waals surface area contributed by atoms with Gasteiger partial charge in [0.15, 0.2) is 11.4 Å². The molecule has 0 radical (unpaired) electrons. The molecular formula is C18H20N2O4. The van der Waals surface area contributed by atoms with Crippen molar-refractivity contribution in [3.8, 4) is 5.75 Å². The molecule has 1 fully saturated rings. The highest BCUT2D eigenvalue weighted by Gasteiger charge is 2.64. The normalized spacial score (nSPS) is 28.1. The van der Waals surface area contributed by atoms with Gasteiger partial charge >= 0.3 is 0 Å². The molecule has 0 aromatic carbocycles. The summed E-state index contributed by atoms with van der Waals surface area (Å²) in [5, 5.41) is 9.19. The van der Waals surface area contributed by atoms with E-state index in [4.69, 9.17) is 19.3 Å². The minimum absolute atomic E-state index is 0.0247. The van der Waals surface area contributed by atoms with Gasteiger partial charge in [0.25, 0.3) is 0 Å². The second-order valence-electron chi connectivity index (χ2n) is 7.27. The Labute approximate surface area is 139 Å². The van der Waals surface area contributed by atoms with Gasteiger partial charge in [-0.1, -0.05) is 13.8 Å². The van der Waals surface area contributed by atoms with Crippen molar-refractivity contribution in [2.24, 2.45) is 11.3 Å². The van der Waals surface area contributed by atoms with Crippen LogP contribution in [-0.2, 0) is 15.1 Å². The van der Waals surface area contributed by atoms with Gasteiger partial charge in [-0.25, -0.2) is 4.98 Å². The van der Waals surface area contributed by atoms with Crippen LogP contribution in [0.5, 0.6) is 5.75 Å². The molecule has 1 saturated carbocycles. The zero-order valence-corrected chi connectivity index (χ0v) is 14.2. The van der Waals surface area contributed by atoms with Crippen molar-refractivity contribution in [2.75, 3.05) is 14.2 Å². The van der Waals surface area contributed by atoms with Crippen LogP contribution >= 0.6 is 0 Å². The zero-order valence-electron chi connectivity index (χ0n) is 14.2. The Hall–Kier alpha value is -2.21. The molecule has 2 aromatic heterocycles. The van der Waals surface area contributed by atoms with E-state index in [1.54, 1.807) is 20.3 Å². The molecule has 2 aliphatic carbocycles. The number of carbonyl (C=O) groups excluding carboxylic acids is 1. The minimum atomic E-state index is -1.12. The molecule has 0 unspecified atom stereocenters. The molecule has 2 atom stereocenters. The lowest BCUT2D eigenvalue weighted by Crippen LogP contribution is -2.47. The summed E-state index contributed by atoms with van der Waals surface area (Å²) in [7, 11) is 3.12. The molecule has 6 nitrogen and oxygen atoms in total. The van der Waals surface area contributed by atoms with E-state index in [0.29, 0.717) is 46.7 Å². The van der Waals surface area contributed by atoms with Crippen molar-refractivity contribution in [1.29, 1.82) is 5.41 Å². The van der Waals surface area contributed by atoms with E-state index < -0.39 is 5.60 Å². The first kappa shape index (κ1) is 15.3. The summed E-state index contributed by atoms with van der Waals surface area (Å²) in [4.78, 5) is 17.6. The van der Waals surface area contributed by atoms with Crippen LogP contribution in [-0.4, -0.2) is 30.7 Å². The summed E-state index contributed by atoms with van der Waals surface area (Å²) in [5.74, 6) is 0.422. The number of rotatable bonds is 2. The molecule has 2 aromatic rings. The largest absolute Gasteiger partial charge is 0.495 e. The number of hydrogen-bond acceptors (Lipinski definition) is 6. The van der Waals surface area contributed by atoms with E-state index in [2.05, 4.69) is 18.8 Å². The summed E-state index contributed by atoms with van der Waals surface area (Å²) in [6.07, 6.45) is 2.39. The smallest absolute Gasteiger partial charge is 0.230 e.